The lowest BCUT2D eigenvalue weighted by Gasteiger charge is -2.11. The number of esters is 1. The zero-order chi connectivity index (χ0) is 19.1. The van der Waals surface area contributed by atoms with Crippen molar-refractivity contribution in [2.75, 3.05) is 11.9 Å². The highest BCUT2D eigenvalue weighted by molar-refractivity contribution is 6.34. The summed E-state index contributed by atoms with van der Waals surface area (Å²) in [7, 11) is 0. The number of carbonyl (C=O) groups excluding carboxylic acids is 2. The minimum absolute atomic E-state index is 0.0558. The molecule has 136 valence electrons. The fourth-order valence-corrected chi connectivity index (χ4v) is 2.41. The van der Waals surface area contributed by atoms with Crippen LogP contribution in [-0.4, -0.2) is 23.4 Å². The average molecular weight is 377 g/mol. The van der Waals surface area contributed by atoms with E-state index in [-0.39, 0.29) is 27.5 Å². The van der Waals surface area contributed by atoms with Crippen LogP contribution in [0.5, 0.6) is 0 Å². The van der Waals surface area contributed by atoms with Crippen LogP contribution in [0.4, 0.5) is 11.4 Å². The monoisotopic (exact) mass is 376 g/mol. The average Bonchev–Trinajstić information content (AvgIpc) is 2.62. The van der Waals surface area contributed by atoms with E-state index >= 15 is 0 Å². The Hall–Kier alpha value is -2.93. The quantitative estimate of drug-likeness (QED) is 0.333. The molecule has 0 aliphatic rings. The highest BCUT2D eigenvalue weighted by atomic mass is 35.5. The van der Waals surface area contributed by atoms with Gasteiger partial charge in [-0.15, -0.1) is 0 Å². The van der Waals surface area contributed by atoms with Crippen molar-refractivity contribution in [1.29, 1.82) is 0 Å². The van der Waals surface area contributed by atoms with E-state index in [4.69, 9.17) is 16.3 Å². The SMILES string of the molecule is CCCCOC(=O)c1ccccc1NC(=O)c1ccc([N+](=O)[O-])cc1Cl. The van der Waals surface area contributed by atoms with Crippen molar-refractivity contribution in [3.8, 4) is 0 Å². The molecule has 26 heavy (non-hydrogen) atoms. The number of nitro benzene ring substituents is 1. The van der Waals surface area contributed by atoms with Gasteiger partial charge in [-0.25, -0.2) is 4.79 Å². The molecule has 2 aromatic rings. The fraction of sp³-hybridized carbons (Fsp3) is 0.222. The van der Waals surface area contributed by atoms with E-state index < -0.39 is 16.8 Å². The second-order valence-electron chi connectivity index (χ2n) is 5.41. The van der Waals surface area contributed by atoms with Gasteiger partial charge in [0.2, 0.25) is 0 Å². The smallest absolute Gasteiger partial charge is 0.340 e. The number of carbonyl (C=O) groups is 2. The predicted molar refractivity (Wildman–Crippen MR) is 97.7 cm³/mol. The van der Waals surface area contributed by atoms with Gasteiger partial charge in [-0.1, -0.05) is 37.1 Å². The maximum absolute atomic E-state index is 12.4. The zero-order valence-corrected chi connectivity index (χ0v) is 14.8. The van der Waals surface area contributed by atoms with Crippen molar-refractivity contribution in [3.05, 3.63) is 68.7 Å². The van der Waals surface area contributed by atoms with E-state index in [0.717, 1.165) is 18.9 Å². The second kappa shape index (κ2) is 8.96. The van der Waals surface area contributed by atoms with Gasteiger partial charge in [0.1, 0.15) is 0 Å². The number of hydrogen-bond donors (Lipinski definition) is 1. The van der Waals surface area contributed by atoms with E-state index in [9.17, 15) is 19.7 Å². The normalized spacial score (nSPS) is 10.2. The molecule has 0 saturated carbocycles. The Kier molecular flexibility index (Phi) is 6.68. The van der Waals surface area contributed by atoms with E-state index in [1.807, 2.05) is 6.92 Å². The Labute approximate surface area is 155 Å². The van der Waals surface area contributed by atoms with Gasteiger partial charge in [-0.2, -0.15) is 0 Å². The lowest BCUT2D eigenvalue weighted by atomic mass is 10.1. The minimum Gasteiger partial charge on any atom is -0.462 e. The number of hydrogen-bond acceptors (Lipinski definition) is 5. The Balaban J connectivity index is 2.19. The molecule has 1 N–H and O–H groups in total. The molecular weight excluding hydrogens is 360 g/mol. The Morgan fingerprint density at radius 2 is 1.92 bits per heavy atom. The molecule has 8 heteroatoms. The number of halogens is 1. The Morgan fingerprint density at radius 3 is 2.58 bits per heavy atom. The van der Waals surface area contributed by atoms with Gasteiger partial charge in [-0.05, 0) is 24.6 Å². The largest absolute Gasteiger partial charge is 0.462 e. The minimum atomic E-state index is -0.602. The standard InChI is InChI=1S/C18H17ClN2O5/c1-2-3-10-26-18(23)14-6-4-5-7-16(14)20-17(22)13-9-8-12(21(24)25)11-15(13)19/h4-9,11H,2-3,10H2,1H3,(H,20,22). The molecule has 0 fully saturated rings. The van der Waals surface area contributed by atoms with Crippen LogP contribution in [0, 0.1) is 10.1 Å². The lowest BCUT2D eigenvalue weighted by molar-refractivity contribution is -0.384. The van der Waals surface area contributed by atoms with Crippen molar-refractivity contribution in [2.24, 2.45) is 0 Å². The molecule has 0 heterocycles. The maximum Gasteiger partial charge on any atom is 0.340 e. The number of unbranched alkanes of at least 4 members (excludes halogenated alkanes) is 1. The first-order valence-electron chi connectivity index (χ1n) is 7.95. The van der Waals surface area contributed by atoms with Crippen molar-refractivity contribution >= 4 is 34.9 Å². The molecule has 0 aromatic heterocycles. The highest BCUT2D eigenvalue weighted by Gasteiger charge is 2.18. The van der Waals surface area contributed by atoms with E-state index in [1.54, 1.807) is 24.3 Å². The molecule has 0 spiro atoms. The van der Waals surface area contributed by atoms with E-state index in [1.165, 1.54) is 12.1 Å². The molecule has 0 aliphatic carbocycles. The van der Waals surface area contributed by atoms with Crippen molar-refractivity contribution in [1.82, 2.24) is 0 Å². The number of amides is 1. The summed E-state index contributed by atoms with van der Waals surface area (Å²) in [6.07, 6.45) is 1.64. The molecule has 2 aromatic carbocycles. The third kappa shape index (κ3) is 4.80. The van der Waals surface area contributed by atoms with Crippen LogP contribution >= 0.6 is 11.6 Å². The van der Waals surface area contributed by atoms with Gasteiger partial charge in [0.05, 0.1) is 33.4 Å². The third-order valence-corrected chi connectivity index (χ3v) is 3.85. The molecule has 7 nitrogen and oxygen atoms in total. The van der Waals surface area contributed by atoms with E-state index in [0.29, 0.717) is 6.61 Å². The zero-order valence-electron chi connectivity index (χ0n) is 14.0. The van der Waals surface area contributed by atoms with Crippen LogP contribution in [0.25, 0.3) is 0 Å². The third-order valence-electron chi connectivity index (χ3n) is 3.53. The van der Waals surface area contributed by atoms with E-state index in [2.05, 4.69) is 5.32 Å². The molecule has 0 atom stereocenters. The molecule has 0 unspecified atom stereocenters. The summed E-state index contributed by atoms with van der Waals surface area (Å²) in [4.78, 5) is 34.8. The number of anilines is 1. The van der Waals surface area contributed by atoms with Crippen LogP contribution in [0.15, 0.2) is 42.5 Å². The number of nitrogens with zero attached hydrogens (tertiary/aromatic N) is 1. The van der Waals surface area contributed by atoms with Gasteiger partial charge in [-0.3, -0.25) is 14.9 Å². The van der Waals surface area contributed by atoms with Crippen molar-refractivity contribution < 1.29 is 19.2 Å². The summed E-state index contributed by atoms with van der Waals surface area (Å²) in [5.41, 5.74) is 0.335. The topological polar surface area (TPSA) is 98.5 Å². The molecule has 0 aliphatic heterocycles. The van der Waals surface area contributed by atoms with Crippen LogP contribution in [0.3, 0.4) is 0 Å². The van der Waals surface area contributed by atoms with Crippen LogP contribution in [0.1, 0.15) is 40.5 Å². The fourth-order valence-electron chi connectivity index (χ4n) is 2.15. The summed E-state index contributed by atoms with van der Waals surface area (Å²) in [5.74, 6) is -1.12. The lowest BCUT2D eigenvalue weighted by Crippen LogP contribution is -2.16. The number of ether oxygens (including phenoxy) is 1. The highest BCUT2D eigenvalue weighted by Crippen LogP contribution is 2.24. The van der Waals surface area contributed by atoms with Gasteiger partial charge in [0, 0.05) is 12.1 Å². The van der Waals surface area contributed by atoms with Crippen LogP contribution < -0.4 is 5.32 Å². The summed E-state index contributed by atoms with van der Waals surface area (Å²) in [6, 6.07) is 9.97. The number of nitro groups is 1. The van der Waals surface area contributed by atoms with Crippen LogP contribution in [-0.2, 0) is 4.74 Å². The van der Waals surface area contributed by atoms with Crippen molar-refractivity contribution in [3.63, 3.8) is 0 Å². The number of para-hydroxylation sites is 1. The van der Waals surface area contributed by atoms with Gasteiger partial charge in [0.15, 0.2) is 0 Å². The molecule has 0 bridgehead atoms. The molecule has 0 radical (unpaired) electrons. The summed E-state index contributed by atoms with van der Waals surface area (Å²) in [5, 5.41) is 13.3. The van der Waals surface area contributed by atoms with Gasteiger partial charge >= 0.3 is 5.97 Å². The summed E-state index contributed by atoms with van der Waals surface area (Å²) in [6.45, 7) is 2.28. The predicted octanol–water partition coefficient (Wildman–Crippen LogP) is 4.46. The molecular formula is C18H17ClN2O5. The number of non-ortho nitro benzene ring substituents is 1. The van der Waals surface area contributed by atoms with Crippen molar-refractivity contribution in [2.45, 2.75) is 19.8 Å². The first-order valence-corrected chi connectivity index (χ1v) is 8.33. The van der Waals surface area contributed by atoms with Gasteiger partial charge in [0.25, 0.3) is 11.6 Å². The molecule has 1 amide bonds. The number of rotatable bonds is 7. The first-order chi connectivity index (χ1) is 12.4. The first kappa shape index (κ1) is 19.4. The van der Waals surface area contributed by atoms with Crippen LogP contribution in [0.2, 0.25) is 5.02 Å². The molecule has 0 saturated heterocycles. The number of nitrogens with one attached hydrogen (secondary N) is 1. The number of benzene rings is 2. The Bertz CT molecular complexity index is 838. The molecule has 2 rings (SSSR count). The summed E-state index contributed by atoms with van der Waals surface area (Å²) < 4.78 is 5.17. The second-order valence-corrected chi connectivity index (χ2v) is 5.82. The Morgan fingerprint density at radius 1 is 1.19 bits per heavy atom. The van der Waals surface area contributed by atoms with Gasteiger partial charge < -0.3 is 10.1 Å². The maximum atomic E-state index is 12.4. The summed E-state index contributed by atoms with van der Waals surface area (Å²) >= 11 is 5.96.